The molecule has 0 bridgehead atoms. The molecule has 0 fully saturated rings. The number of ether oxygens (including phenoxy) is 1. The molecule has 0 spiro atoms. The van der Waals surface area contributed by atoms with Crippen molar-refractivity contribution in [2.75, 3.05) is 7.11 Å². The fourth-order valence-electron chi connectivity index (χ4n) is 2.98. The van der Waals surface area contributed by atoms with E-state index in [1.54, 1.807) is 25.4 Å². The highest BCUT2D eigenvalue weighted by Gasteiger charge is 2.31. The fourth-order valence-corrected chi connectivity index (χ4v) is 2.98. The van der Waals surface area contributed by atoms with Crippen LogP contribution in [-0.2, 0) is 0 Å². The molecule has 0 amide bonds. The molecule has 1 N–H and O–H groups in total. The number of carbonyl (C=O) groups is 1. The monoisotopic (exact) mass is 292 g/mol. The van der Waals surface area contributed by atoms with E-state index in [-0.39, 0.29) is 16.9 Å². The third kappa shape index (κ3) is 1.56. The second kappa shape index (κ2) is 4.27. The molecule has 0 aliphatic heterocycles. The number of aryl methyl sites for hydroxylation is 1. The highest BCUT2D eigenvalue weighted by Crippen LogP contribution is 2.39. The van der Waals surface area contributed by atoms with Gasteiger partial charge in [-0.15, -0.1) is 0 Å². The van der Waals surface area contributed by atoms with E-state index in [2.05, 4.69) is 9.97 Å². The van der Waals surface area contributed by atoms with Crippen molar-refractivity contribution in [1.82, 2.24) is 9.97 Å². The minimum absolute atomic E-state index is 0.195. The van der Waals surface area contributed by atoms with Crippen LogP contribution < -0.4 is 10.3 Å². The molecule has 5 nitrogen and oxygen atoms in total. The van der Waals surface area contributed by atoms with E-state index in [4.69, 9.17) is 4.74 Å². The lowest BCUT2D eigenvalue weighted by Gasteiger charge is -2.07. The minimum Gasteiger partial charge on any atom is -0.497 e. The van der Waals surface area contributed by atoms with Gasteiger partial charge in [0.1, 0.15) is 5.75 Å². The number of pyridine rings is 2. The Balaban J connectivity index is 2.17. The van der Waals surface area contributed by atoms with Gasteiger partial charge in [-0.05, 0) is 25.1 Å². The van der Waals surface area contributed by atoms with Crippen LogP contribution in [0.3, 0.4) is 0 Å². The van der Waals surface area contributed by atoms with Crippen molar-refractivity contribution in [2.45, 2.75) is 6.92 Å². The van der Waals surface area contributed by atoms with E-state index in [0.717, 1.165) is 11.1 Å². The number of hydrogen-bond acceptors (Lipinski definition) is 4. The molecule has 0 saturated carbocycles. The van der Waals surface area contributed by atoms with Crippen LogP contribution in [0, 0.1) is 6.92 Å². The maximum atomic E-state index is 12.6. The van der Waals surface area contributed by atoms with Crippen LogP contribution in [0.15, 0.2) is 35.3 Å². The number of aromatic nitrogens is 2. The fraction of sp³-hybridized carbons (Fsp3) is 0.118. The first-order valence-electron chi connectivity index (χ1n) is 6.86. The van der Waals surface area contributed by atoms with Crippen LogP contribution in [0.4, 0.5) is 0 Å². The van der Waals surface area contributed by atoms with Crippen molar-refractivity contribution >= 4 is 16.7 Å². The lowest BCUT2D eigenvalue weighted by molar-refractivity contribution is 0.104. The zero-order chi connectivity index (χ0) is 15.4. The van der Waals surface area contributed by atoms with E-state index in [1.807, 2.05) is 19.1 Å². The first-order valence-corrected chi connectivity index (χ1v) is 6.86. The van der Waals surface area contributed by atoms with Crippen LogP contribution in [-0.4, -0.2) is 22.9 Å². The summed E-state index contributed by atoms with van der Waals surface area (Å²) < 4.78 is 5.19. The Labute approximate surface area is 125 Å². The molecular formula is C17H12N2O3. The number of nitrogens with zero attached hydrogens (tertiary/aromatic N) is 1. The molecule has 108 valence electrons. The molecule has 5 heteroatoms. The molecule has 0 unspecified atom stereocenters. The Hall–Kier alpha value is -2.95. The van der Waals surface area contributed by atoms with Crippen molar-refractivity contribution < 1.29 is 9.53 Å². The summed E-state index contributed by atoms with van der Waals surface area (Å²) in [7, 11) is 1.57. The smallest absolute Gasteiger partial charge is 0.260 e. The van der Waals surface area contributed by atoms with Gasteiger partial charge in [-0.1, -0.05) is 0 Å². The molecule has 2 heterocycles. The molecule has 0 atom stereocenters. The Morgan fingerprint density at radius 3 is 2.68 bits per heavy atom. The Bertz CT molecular complexity index is 1020. The summed E-state index contributed by atoms with van der Waals surface area (Å²) in [5, 5.41) is 0.813. The normalized spacial score (nSPS) is 12.4. The van der Waals surface area contributed by atoms with E-state index in [9.17, 15) is 9.59 Å². The lowest BCUT2D eigenvalue weighted by Crippen LogP contribution is -2.16. The molecule has 22 heavy (non-hydrogen) atoms. The average Bonchev–Trinajstić information content (AvgIpc) is 2.80. The van der Waals surface area contributed by atoms with Gasteiger partial charge < -0.3 is 9.72 Å². The number of aromatic amines is 1. The quantitative estimate of drug-likeness (QED) is 0.585. The lowest BCUT2D eigenvalue weighted by atomic mass is 10.0. The Morgan fingerprint density at radius 2 is 1.91 bits per heavy atom. The maximum absolute atomic E-state index is 12.6. The number of ketones is 1. The Morgan fingerprint density at radius 1 is 1.09 bits per heavy atom. The molecular weight excluding hydrogens is 280 g/mol. The van der Waals surface area contributed by atoms with Crippen LogP contribution >= 0.6 is 0 Å². The van der Waals surface area contributed by atoms with Gasteiger partial charge in [0.25, 0.3) is 5.56 Å². The average molecular weight is 292 g/mol. The first kappa shape index (κ1) is 12.8. The predicted molar refractivity (Wildman–Crippen MR) is 82.5 cm³/mol. The van der Waals surface area contributed by atoms with Gasteiger partial charge in [0.05, 0.1) is 18.2 Å². The van der Waals surface area contributed by atoms with Crippen molar-refractivity contribution in [1.29, 1.82) is 0 Å². The standard InChI is InChI=1S/C17H12N2O3/c1-8-5-11-12(7-18-8)14-10-4-3-9(22-2)6-13(10)19-17(21)15(14)16(11)20/h3-7H,1-2H3,(H,19,21). The largest absolute Gasteiger partial charge is 0.497 e. The number of hydrogen-bond donors (Lipinski definition) is 1. The summed E-state index contributed by atoms with van der Waals surface area (Å²) in [6, 6.07) is 7.14. The summed E-state index contributed by atoms with van der Waals surface area (Å²) in [4.78, 5) is 31.9. The van der Waals surface area contributed by atoms with Crippen molar-refractivity contribution in [3.8, 4) is 16.9 Å². The van der Waals surface area contributed by atoms with Gasteiger partial charge in [0, 0.05) is 40.0 Å². The number of benzene rings is 1. The van der Waals surface area contributed by atoms with E-state index in [0.29, 0.717) is 28.0 Å². The zero-order valence-corrected chi connectivity index (χ0v) is 12.1. The summed E-state index contributed by atoms with van der Waals surface area (Å²) in [6.45, 7) is 1.82. The summed E-state index contributed by atoms with van der Waals surface area (Å²) in [5.41, 5.74) is 3.12. The number of methoxy groups -OCH3 is 1. The van der Waals surface area contributed by atoms with Crippen LogP contribution in [0.2, 0.25) is 0 Å². The zero-order valence-electron chi connectivity index (χ0n) is 12.1. The number of carbonyl (C=O) groups excluding carboxylic acids is 1. The van der Waals surface area contributed by atoms with E-state index >= 15 is 0 Å². The molecule has 2 aromatic heterocycles. The third-order valence-electron chi connectivity index (χ3n) is 4.00. The van der Waals surface area contributed by atoms with Crippen LogP contribution in [0.25, 0.3) is 22.0 Å². The third-order valence-corrected chi connectivity index (χ3v) is 4.00. The van der Waals surface area contributed by atoms with E-state index < -0.39 is 0 Å². The highest BCUT2D eigenvalue weighted by molar-refractivity contribution is 6.25. The second-order valence-corrected chi connectivity index (χ2v) is 5.32. The SMILES string of the molecule is COc1ccc2c3c(c(=O)[nH]c2c1)C(=O)c1cc(C)ncc1-3. The van der Waals surface area contributed by atoms with E-state index in [1.165, 1.54) is 0 Å². The van der Waals surface area contributed by atoms with Gasteiger partial charge in [0.15, 0.2) is 5.78 Å². The van der Waals surface area contributed by atoms with Crippen molar-refractivity contribution in [2.24, 2.45) is 0 Å². The van der Waals surface area contributed by atoms with Crippen LogP contribution in [0.5, 0.6) is 5.75 Å². The molecule has 0 radical (unpaired) electrons. The van der Waals surface area contributed by atoms with Gasteiger partial charge in [-0.2, -0.15) is 0 Å². The number of rotatable bonds is 1. The van der Waals surface area contributed by atoms with Crippen molar-refractivity contribution in [3.05, 3.63) is 57.6 Å². The number of H-pyrrole nitrogens is 1. The van der Waals surface area contributed by atoms with Crippen LogP contribution in [0.1, 0.15) is 21.6 Å². The minimum atomic E-state index is -0.380. The highest BCUT2D eigenvalue weighted by atomic mass is 16.5. The summed E-state index contributed by atoms with van der Waals surface area (Å²) >= 11 is 0. The maximum Gasteiger partial charge on any atom is 0.260 e. The number of nitrogens with one attached hydrogen (secondary N) is 1. The van der Waals surface area contributed by atoms with Gasteiger partial charge in [0.2, 0.25) is 0 Å². The Kier molecular flexibility index (Phi) is 2.48. The molecule has 0 saturated heterocycles. The first-order chi connectivity index (χ1) is 10.6. The molecule has 1 aliphatic carbocycles. The molecule has 1 aliphatic rings. The van der Waals surface area contributed by atoms with Gasteiger partial charge in [-0.3, -0.25) is 14.6 Å². The second-order valence-electron chi connectivity index (χ2n) is 5.32. The van der Waals surface area contributed by atoms with Gasteiger partial charge >= 0.3 is 0 Å². The van der Waals surface area contributed by atoms with Crippen molar-refractivity contribution in [3.63, 3.8) is 0 Å². The predicted octanol–water partition coefficient (Wildman–Crippen LogP) is 2.45. The summed E-state index contributed by atoms with van der Waals surface area (Å²) in [6.07, 6.45) is 1.66. The molecule has 4 rings (SSSR count). The number of fused-ring (bicyclic) bond motifs is 5. The molecule has 1 aromatic carbocycles. The summed E-state index contributed by atoms with van der Waals surface area (Å²) in [5.74, 6) is 0.407. The topological polar surface area (TPSA) is 72.1 Å². The molecule has 3 aromatic rings. The van der Waals surface area contributed by atoms with Gasteiger partial charge in [-0.25, -0.2) is 0 Å².